The maximum Gasteiger partial charge on any atom is 0.0762 e. The molecule has 1 aromatic heterocycles. The zero-order valence-corrected chi connectivity index (χ0v) is 7.32. The molecule has 1 heterocycles. The number of aliphatic hydroxyl groups excluding tert-OH is 1. The Hall–Kier alpha value is -0.870. The molecular formula is C8H15N3O. The Morgan fingerprint density at radius 3 is 3.08 bits per heavy atom. The van der Waals surface area contributed by atoms with E-state index in [-0.39, 0.29) is 6.61 Å². The fourth-order valence-electron chi connectivity index (χ4n) is 0.978. The Bertz CT molecular complexity index is 222. The molecule has 2 N–H and O–H groups in total. The van der Waals surface area contributed by atoms with Gasteiger partial charge in [-0.2, -0.15) is 5.10 Å². The van der Waals surface area contributed by atoms with Gasteiger partial charge in [-0.25, -0.2) is 0 Å². The van der Waals surface area contributed by atoms with Gasteiger partial charge < -0.3 is 10.4 Å². The Morgan fingerprint density at radius 1 is 1.67 bits per heavy atom. The Balaban J connectivity index is 2.15. The summed E-state index contributed by atoms with van der Waals surface area (Å²) >= 11 is 0. The molecule has 1 aromatic rings. The van der Waals surface area contributed by atoms with E-state index in [1.807, 2.05) is 19.3 Å². The highest BCUT2D eigenvalue weighted by Gasteiger charge is 1.94. The third-order valence-corrected chi connectivity index (χ3v) is 1.59. The van der Waals surface area contributed by atoms with Crippen molar-refractivity contribution in [3.8, 4) is 0 Å². The van der Waals surface area contributed by atoms with Gasteiger partial charge in [0.25, 0.3) is 0 Å². The summed E-state index contributed by atoms with van der Waals surface area (Å²) < 4.78 is 1.78. The van der Waals surface area contributed by atoms with Crippen LogP contribution in [0.3, 0.4) is 0 Å². The summed E-state index contributed by atoms with van der Waals surface area (Å²) in [6.45, 7) is 1.86. The number of nitrogens with zero attached hydrogens (tertiary/aromatic N) is 2. The van der Waals surface area contributed by atoms with Gasteiger partial charge in [-0.3, -0.25) is 4.68 Å². The average molecular weight is 169 g/mol. The molecule has 1 rings (SSSR count). The smallest absolute Gasteiger partial charge is 0.0762 e. The number of aromatic nitrogens is 2. The van der Waals surface area contributed by atoms with Crippen LogP contribution in [0.5, 0.6) is 0 Å². The lowest BCUT2D eigenvalue weighted by Gasteiger charge is -1.99. The van der Waals surface area contributed by atoms with Gasteiger partial charge in [0.15, 0.2) is 0 Å². The molecule has 0 atom stereocenters. The molecule has 0 saturated carbocycles. The predicted molar refractivity (Wildman–Crippen MR) is 46.6 cm³/mol. The van der Waals surface area contributed by atoms with Gasteiger partial charge >= 0.3 is 0 Å². The monoisotopic (exact) mass is 169 g/mol. The Kier molecular flexibility index (Phi) is 3.76. The van der Waals surface area contributed by atoms with Crippen LogP contribution in [0.15, 0.2) is 12.3 Å². The molecule has 0 saturated heterocycles. The molecule has 0 amide bonds. The highest BCUT2D eigenvalue weighted by atomic mass is 16.3. The van der Waals surface area contributed by atoms with Crippen molar-refractivity contribution in [3.63, 3.8) is 0 Å². The first kappa shape index (κ1) is 9.22. The zero-order chi connectivity index (χ0) is 8.81. The molecule has 68 valence electrons. The van der Waals surface area contributed by atoms with Crippen molar-refractivity contribution in [1.82, 2.24) is 15.1 Å². The second-order valence-corrected chi connectivity index (χ2v) is 2.73. The van der Waals surface area contributed by atoms with E-state index < -0.39 is 0 Å². The third-order valence-electron chi connectivity index (χ3n) is 1.59. The van der Waals surface area contributed by atoms with Crippen molar-refractivity contribution in [2.24, 2.45) is 7.05 Å². The van der Waals surface area contributed by atoms with E-state index in [1.54, 1.807) is 4.68 Å². The molecule has 0 aliphatic rings. The summed E-state index contributed by atoms with van der Waals surface area (Å²) in [5.74, 6) is 0. The van der Waals surface area contributed by atoms with Crippen LogP contribution < -0.4 is 5.32 Å². The average Bonchev–Trinajstić information content (AvgIpc) is 2.45. The van der Waals surface area contributed by atoms with Gasteiger partial charge in [-0.15, -0.1) is 0 Å². The molecular weight excluding hydrogens is 154 g/mol. The van der Waals surface area contributed by atoms with Crippen LogP contribution in [-0.4, -0.2) is 28.0 Å². The molecule has 0 bridgehead atoms. The van der Waals surface area contributed by atoms with Crippen molar-refractivity contribution in [1.29, 1.82) is 0 Å². The lowest BCUT2D eigenvalue weighted by molar-refractivity contribution is 0.286. The quantitative estimate of drug-likeness (QED) is 0.605. The van der Waals surface area contributed by atoms with Crippen LogP contribution in [0.4, 0.5) is 0 Å². The topological polar surface area (TPSA) is 50.1 Å². The fraction of sp³-hybridized carbons (Fsp3) is 0.625. The zero-order valence-electron chi connectivity index (χ0n) is 7.32. The van der Waals surface area contributed by atoms with Crippen LogP contribution in [0.25, 0.3) is 0 Å². The van der Waals surface area contributed by atoms with Gasteiger partial charge in [0.2, 0.25) is 0 Å². The third kappa shape index (κ3) is 3.02. The van der Waals surface area contributed by atoms with Crippen LogP contribution >= 0.6 is 0 Å². The van der Waals surface area contributed by atoms with E-state index in [9.17, 15) is 0 Å². The molecule has 4 nitrogen and oxygen atoms in total. The van der Waals surface area contributed by atoms with E-state index in [1.165, 1.54) is 0 Å². The molecule has 0 aliphatic heterocycles. The van der Waals surface area contributed by atoms with Crippen LogP contribution in [0, 0.1) is 0 Å². The molecule has 0 spiro atoms. The van der Waals surface area contributed by atoms with Gasteiger partial charge in [0.1, 0.15) is 0 Å². The second-order valence-electron chi connectivity index (χ2n) is 2.73. The minimum atomic E-state index is 0.245. The lowest BCUT2D eigenvalue weighted by Crippen LogP contribution is -2.16. The van der Waals surface area contributed by atoms with Gasteiger partial charge in [-0.05, 0) is 19.0 Å². The van der Waals surface area contributed by atoms with E-state index in [0.29, 0.717) is 0 Å². The summed E-state index contributed by atoms with van der Waals surface area (Å²) in [7, 11) is 1.90. The molecule has 0 aromatic carbocycles. The van der Waals surface area contributed by atoms with Crippen molar-refractivity contribution in [2.45, 2.75) is 13.0 Å². The standard InChI is InChI=1S/C8H15N3O/c1-11-5-3-8(10-11)7-9-4-2-6-12/h3,5,9,12H,2,4,6-7H2,1H3. The highest BCUT2D eigenvalue weighted by molar-refractivity contribution is 4.97. The van der Waals surface area contributed by atoms with E-state index in [0.717, 1.165) is 25.2 Å². The molecule has 12 heavy (non-hydrogen) atoms. The number of rotatable bonds is 5. The van der Waals surface area contributed by atoms with Crippen LogP contribution in [-0.2, 0) is 13.6 Å². The van der Waals surface area contributed by atoms with Crippen molar-refractivity contribution in [3.05, 3.63) is 18.0 Å². The largest absolute Gasteiger partial charge is 0.396 e. The van der Waals surface area contributed by atoms with Gasteiger partial charge in [0.05, 0.1) is 5.69 Å². The van der Waals surface area contributed by atoms with E-state index in [4.69, 9.17) is 5.11 Å². The van der Waals surface area contributed by atoms with E-state index in [2.05, 4.69) is 10.4 Å². The summed E-state index contributed by atoms with van der Waals surface area (Å²) in [4.78, 5) is 0. The van der Waals surface area contributed by atoms with Gasteiger partial charge in [0, 0.05) is 26.4 Å². The Morgan fingerprint density at radius 2 is 2.50 bits per heavy atom. The number of aryl methyl sites for hydroxylation is 1. The fourth-order valence-corrected chi connectivity index (χ4v) is 0.978. The van der Waals surface area contributed by atoms with Gasteiger partial charge in [-0.1, -0.05) is 0 Å². The minimum Gasteiger partial charge on any atom is -0.396 e. The normalized spacial score (nSPS) is 10.5. The molecule has 0 unspecified atom stereocenters. The predicted octanol–water partition coefficient (Wildman–Crippen LogP) is -0.108. The summed E-state index contributed by atoms with van der Waals surface area (Å²) in [5, 5.41) is 15.9. The van der Waals surface area contributed by atoms with E-state index >= 15 is 0 Å². The molecule has 0 aliphatic carbocycles. The first-order valence-corrected chi connectivity index (χ1v) is 4.13. The van der Waals surface area contributed by atoms with Crippen molar-refractivity contribution >= 4 is 0 Å². The maximum absolute atomic E-state index is 8.51. The van der Waals surface area contributed by atoms with Crippen LogP contribution in [0.2, 0.25) is 0 Å². The molecule has 0 radical (unpaired) electrons. The second kappa shape index (κ2) is 4.90. The maximum atomic E-state index is 8.51. The number of hydrogen-bond acceptors (Lipinski definition) is 3. The number of nitrogens with one attached hydrogen (secondary N) is 1. The SMILES string of the molecule is Cn1ccc(CNCCCO)n1. The molecule has 0 fully saturated rings. The minimum absolute atomic E-state index is 0.245. The lowest BCUT2D eigenvalue weighted by atomic mass is 10.4. The Labute approximate surface area is 72.2 Å². The highest BCUT2D eigenvalue weighted by Crippen LogP contribution is 1.92. The number of hydrogen-bond donors (Lipinski definition) is 2. The van der Waals surface area contributed by atoms with Crippen molar-refractivity contribution < 1.29 is 5.11 Å². The van der Waals surface area contributed by atoms with Crippen LogP contribution in [0.1, 0.15) is 12.1 Å². The first-order chi connectivity index (χ1) is 5.83. The summed E-state index contributed by atoms with van der Waals surface area (Å²) in [5.41, 5.74) is 1.04. The number of aliphatic hydroxyl groups is 1. The summed E-state index contributed by atoms with van der Waals surface area (Å²) in [6, 6.07) is 1.98. The molecule has 4 heteroatoms. The first-order valence-electron chi connectivity index (χ1n) is 4.13. The van der Waals surface area contributed by atoms with Crippen molar-refractivity contribution in [2.75, 3.05) is 13.2 Å². The summed E-state index contributed by atoms with van der Waals surface area (Å²) in [6.07, 6.45) is 2.72.